The van der Waals surface area contributed by atoms with Crippen molar-refractivity contribution in [2.24, 2.45) is 5.92 Å². The lowest BCUT2D eigenvalue weighted by molar-refractivity contribution is 0.0693. The van der Waals surface area contributed by atoms with Gasteiger partial charge in [0.05, 0.1) is 11.5 Å². The Kier molecular flexibility index (Phi) is 6.77. The largest absolute Gasteiger partial charge is 0.507 e. The molecule has 9 heteroatoms. The number of aromatic carboxylic acids is 1. The highest BCUT2D eigenvalue weighted by molar-refractivity contribution is 7.89. The molecule has 1 aliphatic rings. The SMILES string of the molecule is COCCN1CCC[C@H](CNS(=O)(=O)c2ccc(O)c(C(=O)O)c2)C1. The van der Waals surface area contributed by atoms with Gasteiger partial charge in [-0.15, -0.1) is 0 Å². The van der Waals surface area contributed by atoms with Gasteiger partial charge in [-0.1, -0.05) is 0 Å². The number of phenols is 1. The number of likely N-dealkylation sites (tertiary alicyclic amines) is 1. The van der Waals surface area contributed by atoms with E-state index in [0.29, 0.717) is 6.61 Å². The molecule has 1 aliphatic heterocycles. The van der Waals surface area contributed by atoms with E-state index in [2.05, 4.69) is 9.62 Å². The molecular weight excluding hydrogens is 348 g/mol. The zero-order valence-corrected chi connectivity index (χ0v) is 15.0. The van der Waals surface area contributed by atoms with E-state index in [9.17, 15) is 18.3 Å². The highest BCUT2D eigenvalue weighted by Gasteiger charge is 2.23. The summed E-state index contributed by atoms with van der Waals surface area (Å²) in [7, 11) is -2.18. The third kappa shape index (κ3) is 5.40. The Morgan fingerprint density at radius 2 is 2.20 bits per heavy atom. The summed E-state index contributed by atoms with van der Waals surface area (Å²) in [6.45, 7) is 3.52. The van der Waals surface area contributed by atoms with E-state index in [1.165, 1.54) is 6.07 Å². The molecule has 1 saturated heterocycles. The van der Waals surface area contributed by atoms with Crippen LogP contribution in [-0.4, -0.2) is 69.4 Å². The molecule has 0 unspecified atom stereocenters. The fourth-order valence-electron chi connectivity index (χ4n) is 2.91. The van der Waals surface area contributed by atoms with Gasteiger partial charge < -0.3 is 19.8 Å². The Hall–Kier alpha value is -1.68. The van der Waals surface area contributed by atoms with Crippen molar-refractivity contribution < 1.29 is 28.2 Å². The van der Waals surface area contributed by atoms with E-state index < -0.39 is 27.3 Å². The minimum absolute atomic E-state index is 0.172. The van der Waals surface area contributed by atoms with Crippen molar-refractivity contribution in [1.29, 1.82) is 0 Å². The Bertz CT molecular complexity index is 707. The number of ether oxygens (including phenoxy) is 1. The van der Waals surface area contributed by atoms with Crippen molar-refractivity contribution in [1.82, 2.24) is 9.62 Å². The molecule has 140 valence electrons. The van der Waals surface area contributed by atoms with Crippen molar-refractivity contribution in [2.75, 3.05) is 39.9 Å². The van der Waals surface area contributed by atoms with Crippen LogP contribution in [0.5, 0.6) is 5.75 Å². The summed E-state index contributed by atoms with van der Waals surface area (Å²) in [4.78, 5) is 13.1. The van der Waals surface area contributed by atoms with Gasteiger partial charge in [0.1, 0.15) is 11.3 Å². The number of hydrogen-bond acceptors (Lipinski definition) is 6. The van der Waals surface area contributed by atoms with E-state index in [0.717, 1.165) is 44.6 Å². The maximum Gasteiger partial charge on any atom is 0.339 e. The number of carboxylic acids is 1. The second kappa shape index (κ2) is 8.61. The molecule has 25 heavy (non-hydrogen) atoms. The van der Waals surface area contributed by atoms with Crippen LogP contribution in [0.3, 0.4) is 0 Å². The zero-order valence-electron chi connectivity index (χ0n) is 14.1. The van der Waals surface area contributed by atoms with Gasteiger partial charge in [-0.05, 0) is 43.5 Å². The minimum atomic E-state index is -3.83. The molecule has 2 rings (SSSR count). The topological polar surface area (TPSA) is 116 Å². The first kappa shape index (κ1) is 19.6. The lowest BCUT2D eigenvalue weighted by atomic mass is 9.98. The third-order valence-electron chi connectivity index (χ3n) is 4.29. The summed E-state index contributed by atoms with van der Waals surface area (Å²) >= 11 is 0. The number of nitrogens with one attached hydrogen (secondary N) is 1. The molecule has 0 aromatic heterocycles. The summed E-state index contributed by atoms with van der Waals surface area (Å²) in [6.07, 6.45) is 1.93. The van der Waals surface area contributed by atoms with Gasteiger partial charge in [0.2, 0.25) is 10.0 Å². The van der Waals surface area contributed by atoms with Crippen molar-refractivity contribution in [3.63, 3.8) is 0 Å². The van der Waals surface area contributed by atoms with Gasteiger partial charge in [-0.2, -0.15) is 0 Å². The molecule has 1 atom stereocenters. The van der Waals surface area contributed by atoms with E-state index in [-0.39, 0.29) is 17.4 Å². The molecule has 0 amide bonds. The van der Waals surface area contributed by atoms with Gasteiger partial charge in [-0.25, -0.2) is 17.9 Å². The monoisotopic (exact) mass is 372 g/mol. The summed E-state index contributed by atoms with van der Waals surface area (Å²) in [5, 5.41) is 18.5. The van der Waals surface area contributed by atoms with Gasteiger partial charge in [-0.3, -0.25) is 0 Å². The predicted molar refractivity (Wildman–Crippen MR) is 91.3 cm³/mol. The molecule has 3 N–H and O–H groups in total. The summed E-state index contributed by atoms with van der Waals surface area (Å²) in [6, 6.07) is 3.23. The molecule has 0 saturated carbocycles. The number of sulfonamides is 1. The quantitative estimate of drug-likeness (QED) is 0.616. The summed E-state index contributed by atoms with van der Waals surface area (Å²) in [5.74, 6) is -1.65. The Labute approximate surface area is 147 Å². The second-order valence-corrected chi connectivity index (χ2v) is 7.90. The molecule has 8 nitrogen and oxygen atoms in total. The molecule has 1 aromatic rings. The molecule has 0 spiro atoms. The maximum absolute atomic E-state index is 12.4. The van der Waals surface area contributed by atoms with Crippen LogP contribution in [0.2, 0.25) is 0 Å². The molecule has 0 bridgehead atoms. The fraction of sp³-hybridized carbons (Fsp3) is 0.562. The molecule has 1 heterocycles. The summed E-state index contributed by atoms with van der Waals surface area (Å²) in [5.41, 5.74) is -0.439. The van der Waals surface area contributed by atoms with Crippen LogP contribution in [0.1, 0.15) is 23.2 Å². The average Bonchev–Trinajstić information content (AvgIpc) is 2.58. The van der Waals surface area contributed by atoms with E-state index in [4.69, 9.17) is 9.84 Å². The lowest BCUT2D eigenvalue weighted by Gasteiger charge is -2.32. The van der Waals surface area contributed by atoms with Crippen molar-refractivity contribution in [2.45, 2.75) is 17.7 Å². The highest BCUT2D eigenvalue weighted by Crippen LogP contribution is 2.22. The van der Waals surface area contributed by atoms with E-state index >= 15 is 0 Å². The third-order valence-corrected chi connectivity index (χ3v) is 5.71. The highest BCUT2D eigenvalue weighted by atomic mass is 32.2. The van der Waals surface area contributed by atoms with Gasteiger partial charge in [0.15, 0.2) is 0 Å². The number of rotatable bonds is 8. The molecule has 1 fully saturated rings. The number of nitrogens with zero attached hydrogens (tertiary/aromatic N) is 1. The standard InChI is InChI=1S/C16H24N2O6S/c1-24-8-7-18-6-2-3-12(11-18)10-17-25(22,23)13-4-5-15(19)14(9-13)16(20)21/h4-5,9,12,17,19H,2-3,6-8,10-11H2,1H3,(H,20,21)/t12-/m1/s1. The first-order chi connectivity index (χ1) is 11.8. The first-order valence-electron chi connectivity index (χ1n) is 8.10. The number of benzene rings is 1. The van der Waals surface area contributed by atoms with E-state index in [1.807, 2.05) is 0 Å². The number of carboxylic acid groups (broad SMARTS) is 1. The number of carbonyl (C=O) groups is 1. The van der Waals surface area contributed by atoms with Crippen LogP contribution in [0.15, 0.2) is 23.1 Å². The van der Waals surface area contributed by atoms with Crippen LogP contribution in [0, 0.1) is 5.92 Å². The fourth-order valence-corrected chi connectivity index (χ4v) is 4.05. The number of aromatic hydroxyl groups is 1. The lowest BCUT2D eigenvalue weighted by Crippen LogP contribution is -2.42. The summed E-state index contributed by atoms with van der Waals surface area (Å²) < 4.78 is 32.4. The zero-order chi connectivity index (χ0) is 18.4. The number of hydrogen-bond donors (Lipinski definition) is 3. The molecule has 0 aliphatic carbocycles. The van der Waals surface area contributed by atoms with Crippen molar-refractivity contribution >= 4 is 16.0 Å². The van der Waals surface area contributed by atoms with Crippen LogP contribution in [-0.2, 0) is 14.8 Å². The Morgan fingerprint density at radius 3 is 2.88 bits per heavy atom. The number of methoxy groups -OCH3 is 1. The van der Waals surface area contributed by atoms with Gasteiger partial charge in [0, 0.05) is 26.7 Å². The molecule has 1 aromatic carbocycles. The maximum atomic E-state index is 12.4. The van der Waals surface area contributed by atoms with Crippen LogP contribution >= 0.6 is 0 Å². The second-order valence-electron chi connectivity index (χ2n) is 6.14. The normalized spacial score (nSPS) is 19.0. The predicted octanol–water partition coefficient (Wildman–Crippen LogP) is 0.727. The van der Waals surface area contributed by atoms with Gasteiger partial charge >= 0.3 is 5.97 Å². The Balaban J connectivity index is 1.99. The van der Waals surface area contributed by atoms with E-state index in [1.54, 1.807) is 7.11 Å². The molecule has 0 radical (unpaired) electrons. The van der Waals surface area contributed by atoms with Crippen LogP contribution in [0.25, 0.3) is 0 Å². The Morgan fingerprint density at radius 1 is 1.44 bits per heavy atom. The van der Waals surface area contributed by atoms with Gasteiger partial charge in [0.25, 0.3) is 0 Å². The van der Waals surface area contributed by atoms with Crippen LogP contribution in [0.4, 0.5) is 0 Å². The first-order valence-corrected chi connectivity index (χ1v) is 9.59. The van der Waals surface area contributed by atoms with Crippen LogP contribution < -0.4 is 4.72 Å². The van der Waals surface area contributed by atoms with Crippen molar-refractivity contribution in [3.8, 4) is 5.75 Å². The minimum Gasteiger partial charge on any atom is -0.507 e. The average molecular weight is 372 g/mol. The number of piperidine rings is 1. The smallest absolute Gasteiger partial charge is 0.339 e. The molecular formula is C16H24N2O6S. The van der Waals surface area contributed by atoms with Crippen molar-refractivity contribution in [3.05, 3.63) is 23.8 Å².